The Morgan fingerprint density at radius 3 is 2.53 bits per heavy atom. The molecule has 0 radical (unpaired) electrons. The quantitative estimate of drug-likeness (QED) is 0.499. The van der Waals surface area contributed by atoms with E-state index in [0.29, 0.717) is 0 Å². The van der Waals surface area contributed by atoms with Gasteiger partial charge in [0.2, 0.25) is 0 Å². The van der Waals surface area contributed by atoms with Gasteiger partial charge in [0, 0.05) is 12.4 Å². The van der Waals surface area contributed by atoms with E-state index < -0.39 is 23.9 Å². The number of halogens is 2. The first-order valence-electron chi connectivity index (χ1n) is 4.34. The van der Waals surface area contributed by atoms with Gasteiger partial charge in [0.1, 0.15) is 19.5 Å². The second-order valence-electron chi connectivity index (χ2n) is 2.76. The molecular formula is C8H8F2N2O4S. The molecule has 0 aliphatic heterocycles. The van der Waals surface area contributed by atoms with E-state index >= 15 is 0 Å². The Kier molecular flexibility index (Phi) is 4.44. The summed E-state index contributed by atoms with van der Waals surface area (Å²) < 4.78 is 34.1. The van der Waals surface area contributed by atoms with Crippen LogP contribution >= 0.6 is 12.6 Å². The summed E-state index contributed by atoms with van der Waals surface area (Å²) in [5.74, 6) is -1.79. The molecule has 0 aliphatic rings. The lowest BCUT2D eigenvalue weighted by molar-refractivity contribution is -0.160. The number of imidazole rings is 1. The molecule has 0 spiro atoms. The highest BCUT2D eigenvalue weighted by Gasteiger charge is 2.35. The first kappa shape index (κ1) is 13.4. The summed E-state index contributed by atoms with van der Waals surface area (Å²) in [6.45, 7) is -0.817. The Labute approximate surface area is 99.9 Å². The van der Waals surface area contributed by atoms with E-state index in [4.69, 9.17) is 0 Å². The summed E-state index contributed by atoms with van der Waals surface area (Å²) in [7, 11) is 0. The number of hydrogen-bond donors (Lipinski definition) is 1. The Balaban J connectivity index is 2.21. The maximum atomic E-state index is 12.2. The van der Waals surface area contributed by atoms with E-state index in [1.807, 2.05) is 0 Å². The van der Waals surface area contributed by atoms with Gasteiger partial charge in [-0.1, -0.05) is 12.6 Å². The highest BCUT2D eigenvalue weighted by Crippen LogP contribution is 2.19. The second-order valence-corrected chi connectivity index (χ2v) is 3.32. The average molecular weight is 266 g/mol. The van der Waals surface area contributed by atoms with Gasteiger partial charge in [0.25, 0.3) is 0 Å². The second kappa shape index (κ2) is 5.62. The van der Waals surface area contributed by atoms with E-state index in [0.717, 1.165) is 4.57 Å². The summed E-state index contributed by atoms with van der Waals surface area (Å²) in [4.78, 5) is 25.3. The number of aromatic nitrogens is 2. The van der Waals surface area contributed by atoms with Crippen molar-refractivity contribution in [1.29, 1.82) is 0 Å². The Morgan fingerprint density at radius 2 is 2.00 bits per heavy atom. The first-order valence-corrected chi connectivity index (χ1v) is 4.78. The minimum atomic E-state index is -3.85. The van der Waals surface area contributed by atoms with Gasteiger partial charge in [-0.25, -0.2) is 19.1 Å². The Hall–Kier alpha value is -1.64. The number of carbonyl (C=O) groups excluding carboxylic acids is 2. The maximum Gasteiger partial charge on any atom is 0.419 e. The van der Waals surface area contributed by atoms with E-state index in [-0.39, 0.29) is 6.61 Å². The molecule has 0 aliphatic carbocycles. The molecule has 0 bridgehead atoms. The molecule has 0 amide bonds. The smallest absolute Gasteiger partial charge is 0.419 e. The van der Waals surface area contributed by atoms with Crippen molar-refractivity contribution in [3.8, 4) is 0 Å². The molecule has 0 atom stereocenters. The normalized spacial score (nSPS) is 11.0. The van der Waals surface area contributed by atoms with Crippen LogP contribution in [0.2, 0.25) is 0 Å². The highest BCUT2D eigenvalue weighted by atomic mass is 32.1. The van der Waals surface area contributed by atoms with Crippen LogP contribution in [-0.2, 0) is 14.3 Å². The number of esters is 1. The molecule has 6 nitrogen and oxygen atoms in total. The van der Waals surface area contributed by atoms with E-state index in [1.165, 1.54) is 18.7 Å². The molecule has 1 rings (SSSR count). The SMILES string of the molecule is O=C(OCCOC(=O)C(F)(F)S)n1ccnc1. The van der Waals surface area contributed by atoms with Crippen LogP contribution in [0.4, 0.5) is 13.6 Å². The van der Waals surface area contributed by atoms with E-state index in [2.05, 4.69) is 27.1 Å². The molecule has 1 aromatic rings. The van der Waals surface area contributed by atoms with Crippen molar-refractivity contribution < 1.29 is 27.8 Å². The van der Waals surface area contributed by atoms with Gasteiger partial charge < -0.3 is 9.47 Å². The van der Waals surface area contributed by atoms with Crippen molar-refractivity contribution in [3.05, 3.63) is 18.7 Å². The molecular weight excluding hydrogens is 258 g/mol. The van der Waals surface area contributed by atoms with Crippen LogP contribution in [0.5, 0.6) is 0 Å². The number of rotatable bonds is 4. The number of carbonyl (C=O) groups is 2. The molecule has 1 heterocycles. The van der Waals surface area contributed by atoms with Gasteiger partial charge in [-0.2, -0.15) is 8.78 Å². The zero-order valence-corrected chi connectivity index (χ0v) is 9.27. The highest BCUT2D eigenvalue weighted by molar-refractivity contribution is 7.82. The van der Waals surface area contributed by atoms with Gasteiger partial charge in [-0.3, -0.25) is 0 Å². The largest absolute Gasteiger partial charge is 0.457 e. The molecule has 0 aromatic carbocycles. The lowest BCUT2D eigenvalue weighted by Gasteiger charge is -2.09. The van der Waals surface area contributed by atoms with Crippen LogP contribution in [0, 0.1) is 0 Å². The van der Waals surface area contributed by atoms with Gasteiger partial charge >= 0.3 is 17.3 Å². The zero-order valence-electron chi connectivity index (χ0n) is 8.38. The molecule has 0 N–H and O–H groups in total. The topological polar surface area (TPSA) is 70.4 Å². The Morgan fingerprint density at radius 1 is 1.35 bits per heavy atom. The number of thiol groups is 1. The van der Waals surface area contributed by atoms with Gasteiger partial charge in [0.05, 0.1) is 0 Å². The fourth-order valence-corrected chi connectivity index (χ4v) is 0.856. The first-order chi connectivity index (χ1) is 7.91. The van der Waals surface area contributed by atoms with Crippen LogP contribution in [0.3, 0.4) is 0 Å². The van der Waals surface area contributed by atoms with Crippen LogP contribution in [0.15, 0.2) is 18.7 Å². The third-order valence-corrected chi connectivity index (χ3v) is 1.69. The average Bonchev–Trinajstić information content (AvgIpc) is 2.75. The minimum Gasteiger partial charge on any atom is -0.457 e. The number of hydrogen-bond acceptors (Lipinski definition) is 6. The number of ether oxygens (including phenoxy) is 2. The minimum absolute atomic E-state index is 0.341. The maximum absolute atomic E-state index is 12.2. The zero-order chi connectivity index (χ0) is 12.9. The van der Waals surface area contributed by atoms with Crippen molar-refractivity contribution >= 4 is 24.7 Å². The molecule has 94 valence electrons. The van der Waals surface area contributed by atoms with Crippen molar-refractivity contribution in [2.24, 2.45) is 0 Å². The van der Waals surface area contributed by atoms with Crippen LogP contribution in [0.1, 0.15) is 0 Å². The van der Waals surface area contributed by atoms with Crippen molar-refractivity contribution in [2.75, 3.05) is 13.2 Å². The number of alkyl halides is 2. The molecule has 9 heteroatoms. The van der Waals surface area contributed by atoms with E-state index in [1.54, 1.807) is 0 Å². The monoisotopic (exact) mass is 266 g/mol. The lowest BCUT2D eigenvalue weighted by Crippen LogP contribution is -2.26. The molecule has 0 fully saturated rings. The summed E-state index contributed by atoms with van der Waals surface area (Å²) in [6, 6.07) is 0. The third kappa shape index (κ3) is 4.39. The molecule has 0 saturated carbocycles. The van der Waals surface area contributed by atoms with Crippen molar-refractivity contribution in [3.63, 3.8) is 0 Å². The van der Waals surface area contributed by atoms with Crippen LogP contribution in [-0.4, -0.2) is 40.1 Å². The summed E-state index contributed by atoms with van der Waals surface area (Å²) in [5, 5.41) is -3.85. The molecule has 0 saturated heterocycles. The van der Waals surface area contributed by atoms with E-state index in [9.17, 15) is 18.4 Å². The standard InChI is InChI=1S/C8H8F2N2O4S/c9-8(10,17)6(13)15-3-4-16-7(14)12-2-1-11-5-12/h1-2,5,17H,3-4H2. The Bertz CT molecular complexity index is 391. The van der Waals surface area contributed by atoms with Crippen LogP contribution in [0.25, 0.3) is 0 Å². The van der Waals surface area contributed by atoms with Crippen LogP contribution < -0.4 is 0 Å². The molecule has 0 unspecified atom stereocenters. The lowest BCUT2D eigenvalue weighted by atomic mass is 10.7. The molecule has 1 aromatic heterocycles. The van der Waals surface area contributed by atoms with Gasteiger partial charge in [-0.15, -0.1) is 0 Å². The predicted octanol–water partition coefficient (Wildman–Crippen LogP) is 0.934. The van der Waals surface area contributed by atoms with Crippen molar-refractivity contribution in [1.82, 2.24) is 9.55 Å². The fraction of sp³-hybridized carbons (Fsp3) is 0.375. The van der Waals surface area contributed by atoms with Gasteiger partial charge in [-0.05, 0) is 0 Å². The number of nitrogens with zero attached hydrogens (tertiary/aromatic N) is 2. The predicted molar refractivity (Wildman–Crippen MR) is 53.9 cm³/mol. The fourth-order valence-electron chi connectivity index (χ4n) is 0.792. The summed E-state index contributed by atoms with van der Waals surface area (Å²) >= 11 is 2.71. The third-order valence-electron chi connectivity index (χ3n) is 1.50. The van der Waals surface area contributed by atoms with Crippen molar-refractivity contribution in [2.45, 2.75) is 5.25 Å². The summed E-state index contributed by atoms with van der Waals surface area (Å²) in [5.41, 5.74) is 0. The molecule has 17 heavy (non-hydrogen) atoms. The summed E-state index contributed by atoms with van der Waals surface area (Å²) in [6.07, 6.45) is 3.16. The van der Waals surface area contributed by atoms with Gasteiger partial charge in [0.15, 0.2) is 0 Å².